The second-order valence-corrected chi connectivity index (χ2v) is 10.4. The van der Waals surface area contributed by atoms with Crippen LogP contribution < -0.4 is 9.64 Å². The number of nitro groups is 1. The minimum absolute atomic E-state index is 0.133. The normalized spacial score (nSPS) is 18.2. The van der Waals surface area contributed by atoms with Gasteiger partial charge in [0.05, 0.1) is 12.0 Å². The SMILES string of the molecule is COc1ccccc1C=CC=C1C(=O)N(c2cc(C)cc(C)c2)C(c2cccc([N+](=O)[O-])c2)S1(=O)=O. The topological polar surface area (TPSA) is 107 Å². The zero-order valence-electron chi connectivity index (χ0n) is 19.9. The van der Waals surface area contributed by atoms with Crippen molar-refractivity contribution in [1.29, 1.82) is 0 Å². The van der Waals surface area contributed by atoms with Gasteiger partial charge in [-0.15, -0.1) is 0 Å². The number of carbonyl (C=O) groups excluding carboxylic acids is 1. The average Bonchev–Trinajstić information content (AvgIpc) is 3.04. The minimum atomic E-state index is -4.23. The molecule has 0 aromatic heterocycles. The average molecular weight is 505 g/mol. The molecule has 184 valence electrons. The van der Waals surface area contributed by atoms with Crippen LogP contribution in [0.5, 0.6) is 5.75 Å². The predicted octanol–water partition coefficient (Wildman–Crippen LogP) is 5.28. The fourth-order valence-corrected chi connectivity index (χ4v) is 6.13. The summed E-state index contributed by atoms with van der Waals surface area (Å²) in [6, 6.07) is 17.9. The second kappa shape index (κ2) is 9.79. The maximum Gasteiger partial charge on any atom is 0.271 e. The standard InChI is InChI=1S/C27H24N2O6S/c1-18-14-19(2)16-23(15-18)28-26(30)25(13-7-9-20-8-4-5-12-24(20)35-3)36(33,34)27(28)21-10-6-11-22(17-21)29(31)32/h4-17,27H,1-3H3. The maximum absolute atomic E-state index is 13.7. The van der Waals surface area contributed by atoms with Crippen molar-refractivity contribution in [2.24, 2.45) is 0 Å². The number of sulfone groups is 1. The van der Waals surface area contributed by atoms with Gasteiger partial charge in [0.25, 0.3) is 11.6 Å². The highest BCUT2D eigenvalue weighted by atomic mass is 32.2. The number of anilines is 1. The molecule has 1 fully saturated rings. The Bertz CT molecular complexity index is 1500. The molecule has 0 spiro atoms. The first kappa shape index (κ1) is 24.9. The summed E-state index contributed by atoms with van der Waals surface area (Å²) in [5, 5.41) is 9.92. The number of hydrogen-bond donors (Lipinski definition) is 0. The van der Waals surface area contributed by atoms with Gasteiger partial charge in [-0.3, -0.25) is 19.8 Å². The van der Waals surface area contributed by atoms with Crippen LogP contribution in [0.1, 0.15) is 27.6 Å². The van der Waals surface area contributed by atoms with Gasteiger partial charge in [0.1, 0.15) is 10.7 Å². The Hall–Kier alpha value is -4.24. The maximum atomic E-state index is 13.7. The molecule has 36 heavy (non-hydrogen) atoms. The number of benzene rings is 3. The monoisotopic (exact) mass is 504 g/mol. The van der Waals surface area contributed by atoms with Crippen LogP contribution in [0.3, 0.4) is 0 Å². The van der Waals surface area contributed by atoms with Crippen LogP contribution in [-0.2, 0) is 14.6 Å². The van der Waals surface area contributed by atoms with Gasteiger partial charge < -0.3 is 4.74 Å². The summed E-state index contributed by atoms with van der Waals surface area (Å²) in [7, 11) is -2.70. The number of non-ortho nitro benzene ring substituents is 1. The van der Waals surface area contributed by atoms with E-state index in [4.69, 9.17) is 4.74 Å². The quantitative estimate of drug-likeness (QED) is 0.257. The van der Waals surface area contributed by atoms with Gasteiger partial charge >= 0.3 is 0 Å². The third-order valence-corrected chi connectivity index (χ3v) is 7.77. The fourth-order valence-electron chi connectivity index (χ4n) is 4.28. The van der Waals surface area contributed by atoms with E-state index in [1.165, 1.54) is 48.4 Å². The highest BCUT2D eigenvalue weighted by molar-refractivity contribution is 7.97. The molecule has 0 saturated carbocycles. The lowest BCUT2D eigenvalue weighted by molar-refractivity contribution is -0.384. The highest BCUT2D eigenvalue weighted by Crippen LogP contribution is 2.44. The molecule has 0 aliphatic carbocycles. The van der Waals surface area contributed by atoms with Crippen LogP contribution in [0.25, 0.3) is 6.08 Å². The fraction of sp³-hybridized carbons (Fsp3) is 0.148. The van der Waals surface area contributed by atoms with E-state index in [1.54, 1.807) is 30.3 Å². The molecule has 3 aromatic carbocycles. The first-order valence-electron chi connectivity index (χ1n) is 11.0. The lowest BCUT2D eigenvalue weighted by atomic mass is 10.1. The van der Waals surface area contributed by atoms with Crippen molar-refractivity contribution in [2.45, 2.75) is 19.2 Å². The highest BCUT2D eigenvalue weighted by Gasteiger charge is 2.50. The van der Waals surface area contributed by atoms with Crippen LogP contribution in [0.15, 0.2) is 83.8 Å². The van der Waals surface area contributed by atoms with Gasteiger partial charge in [0.2, 0.25) is 9.84 Å². The van der Waals surface area contributed by atoms with Crippen molar-refractivity contribution in [3.05, 3.63) is 116 Å². The first-order chi connectivity index (χ1) is 17.1. The lowest BCUT2D eigenvalue weighted by Crippen LogP contribution is -2.29. The molecule has 1 aliphatic heterocycles. The molecule has 1 atom stereocenters. The van der Waals surface area contributed by atoms with E-state index in [9.17, 15) is 23.3 Å². The van der Waals surface area contributed by atoms with Gasteiger partial charge in [-0.1, -0.05) is 48.6 Å². The second-order valence-electron chi connectivity index (χ2n) is 8.40. The number of carbonyl (C=O) groups is 1. The number of hydrogen-bond acceptors (Lipinski definition) is 6. The Kier molecular flexibility index (Phi) is 6.76. The number of para-hydroxylation sites is 1. The molecular weight excluding hydrogens is 480 g/mol. The zero-order valence-corrected chi connectivity index (χ0v) is 20.7. The molecule has 4 rings (SSSR count). The van der Waals surface area contributed by atoms with E-state index in [-0.39, 0.29) is 11.3 Å². The Morgan fingerprint density at radius 1 is 1.00 bits per heavy atom. The Morgan fingerprint density at radius 2 is 1.69 bits per heavy atom. The third-order valence-electron chi connectivity index (χ3n) is 5.78. The number of nitro benzene ring substituents is 1. The van der Waals surface area contributed by atoms with Gasteiger partial charge in [-0.2, -0.15) is 0 Å². The summed E-state index contributed by atoms with van der Waals surface area (Å²) in [5.41, 5.74) is 2.68. The van der Waals surface area contributed by atoms with Crippen LogP contribution in [-0.4, -0.2) is 26.4 Å². The Labute approximate surface area is 209 Å². The summed E-state index contributed by atoms with van der Waals surface area (Å²) < 4.78 is 32.8. The molecule has 1 saturated heterocycles. The zero-order chi connectivity index (χ0) is 26.0. The molecule has 1 amide bonds. The molecule has 0 bridgehead atoms. The van der Waals surface area contributed by atoms with Crippen LogP contribution in [0, 0.1) is 24.0 Å². The van der Waals surface area contributed by atoms with E-state index >= 15 is 0 Å². The number of ether oxygens (including phenoxy) is 1. The Morgan fingerprint density at radius 3 is 2.36 bits per heavy atom. The van der Waals surface area contributed by atoms with Crippen molar-refractivity contribution >= 4 is 33.2 Å². The smallest absolute Gasteiger partial charge is 0.271 e. The van der Waals surface area contributed by atoms with Gasteiger partial charge in [0.15, 0.2) is 5.37 Å². The van der Waals surface area contributed by atoms with Gasteiger partial charge in [0, 0.05) is 23.4 Å². The minimum Gasteiger partial charge on any atom is -0.496 e. The van der Waals surface area contributed by atoms with Crippen molar-refractivity contribution in [3.63, 3.8) is 0 Å². The van der Waals surface area contributed by atoms with Crippen molar-refractivity contribution in [3.8, 4) is 5.75 Å². The first-order valence-corrected chi connectivity index (χ1v) is 12.6. The summed E-state index contributed by atoms with van der Waals surface area (Å²) in [6.07, 6.45) is 4.39. The summed E-state index contributed by atoms with van der Waals surface area (Å²) in [6.45, 7) is 3.70. The summed E-state index contributed by atoms with van der Waals surface area (Å²) >= 11 is 0. The molecular formula is C27H24N2O6S. The molecule has 1 aliphatic rings. The molecule has 0 N–H and O–H groups in total. The van der Waals surface area contributed by atoms with Crippen molar-refractivity contribution in [2.75, 3.05) is 12.0 Å². The van der Waals surface area contributed by atoms with E-state index in [1.807, 2.05) is 32.0 Å². The Balaban J connectivity index is 1.87. The number of nitrogens with zero attached hydrogens (tertiary/aromatic N) is 2. The van der Waals surface area contributed by atoms with Gasteiger partial charge in [-0.05, 0) is 54.8 Å². The van der Waals surface area contributed by atoms with E-state index in [2.05, 4.69) is 0 Å². The van der Waals surface area contributed by atoms with E-state index in [0.29, 0.717) is 17.0 Å². The number of methoxy groups -OCH3 is 1. The molecule has 8 nitrogen and oxygen atoms in total. The van der Waals surface area contributed by atoms with Crippen LogP contribution >= 0.6 is 0 Å². The third kappa shape index (κ3) is 4.65. The van der Waals surface area contributed by atoms with Crippen LogP contribution in [0.2, 0.25) is 0 Å². The largest absolute Gasteiger partial charge is 0.496 e. The number of amides is 1. The molecule has 1 unspecified atom stereocenters. The number of rotatable bonds is 6. The van der Waals surface area contributed by atoms with Gasteiger partial charge in [-0.25, -0.2) is 8.42 Å². The number of aryl methyl sites for hydroxylation is 2. The van der Waals surface area contributed by atoms with E-state index in [0.717, 1.165) is 11.1 Å². The summed E-state index contributed by atoms with van der Waals surface area (Å²) in [4.78, 5) is 25.2. The van der Waals surface area contributed by atoms with Crippen LogP contribution in [0.4, 0.5) is 11.4 Å². The molecule has 1 heterocycles. The summed E-state index contributed by atoms with van der Waals surface area (Å²) in [5.74, 6) is -0.111. The molecule has 3 aromatic rings. The molecule has 0 radical (unpaired) electrons. The predicted molar refractivity (Wildman–Crippen MR) is 138 cm³/mol. The number of allylic oxidation sites excluding steroid dienone is 2. The van der Waals surface area contributed by atoms with Crippen molar-refractivity contribution in [1.82, 2.24) is 0 Å². The van der Waals surface area contributed by atoms with E-state index < -0.39 is 30.9 Å². The lowest BCUT2D eigenvalue weighted by Gasteiger charge is -2.24. The van der Waals surface area contributed by atoms with Crippen molar-refractivity contribution < 1.29 is 22.9 Å². The molecule has 9 heteroatoms.